The third-order valence-corrected chi connectivity index (χ3v) is 4.38. The van der Waals surface area contributed by atoms with Gasteiger partial charge >= 0.3 is 5.97 Å². The number of carbonyl (C=O) groups is 1. The van der Waals surface area contributed by atoms with Crippen molar-refractivity contribution in [2.45, 2.75) is 13.5 Å². The highest BCUT2D eigenvalue weighted by atomic mass is 79.9. The Kier molecular flexibility index (Phi) is 4.04. The number of aromatic carboxylic acids is 1. The lowest BCUT2D eigenvalue weighted by atomic mass is 10.1. The third kappa shape index (κ3) is 2.73. The first-order chi connectivity index (χ1) is 8.59. The molecule has 0 spiro atoms. The first-order valence-corrected chi connectivity index (χ1v) is 6.94. The predicted octanol–water partition coefficient (Wildman–Crippen LogP) is 4.10. The van der Waals surface area contributed by atoms with Crippen LogP contribution >= 0.6 is 27.3 Å². The molecule has 3 nitrogen and oxygen atoms in total. The largest absolute Gasteiger partial charge is 0.487 e. The summed E-state index contributed by atoms with van der Waals surface area (Å²) in [4.78, 5) is 12.2. The maximum absolute atomic E-state index is 11.1. The van der Waals surface area contributed by atoms with Gasteiger partial charge in [-0.1, -0.05) is 12.1 Å². The topological polar surface area (TPSA) is 46.5 Å². The molecule has 1 aromatic carbocycles. The van der Waals surface area contributed by atoms with Gasteiger partial charge in [0.2, 0.25) is 0 Å². The van der Waals surface area contributed by atoms with Gasteiger partial charge in [-0.15, -0.1) is 11.3 Å². The van der Waals surface area contributed by atoms with Crippen molar-refractivity contribution in [1.82, 2.24) is 0 Å². The lowest BCUT2D eigenvalue weighted by Crippen LogP contribution is -2.04. The van der Waals surface area contributed by atoms with E-state index in [4.69, 9.17) is 9.84 Å². The summed E-state index contributed by atoms with van der Waals surface area (Å²) in [6.07, 6.45) is 0. The van der Waals surface area contributed by atoms with E-state index < -0.39 is 5.97 Å². The predicted molar refractivity (Wildman–Crippen MR) is 74.5 cm³/mol. The van der Waals surface area contributed by atoms with Gasteiger partial charge in [0.25, 0.3) is 0 Å². The number of aryl methyl sites for hydroxylation is 1. The van der Waals surface area contributed by atoms with Crippen LogP contribution < -0.4 is 4.74 Å². The lowest BCUT2D eigenvalue weighted by molar-refractivity contribution is 0.0691. The Bertz CT molecular complexity index is 577. The molecule has 2 rings (SSSR count). The summed E-state index contributed by atoms with van der Waals surface area (Å²) in [6, 6.07) is 7.05. The summed E-state index contributed by atoms with van der Waals surface area (Å²) in [5.74, 6) is -0.538. The van der Waals surface area contributed by atoms with Crippen molar-refractivity contribution in [1.29, 1.82) is 0 Å². The molecule has 0 atom stereocenters. The molecule has 0 fully saturated rings. The van der Waals surface area contributed by atoms with Crippen molar-refractivity contribution >= 4 is 33.2 Å². The average molecular weight is 327 g/mol. The van der Waals surface area contributed by atoms with E-state index in [1.54, 1.807) is 23.5 Å². The highest BCUT2D eigenvalue weighted by molar-refractivity contribution is 9.10. The van der Waals surface area contributed by atoms with Crippen LogP contribution in [0.2, 0.25) is 0 Å². The average Bonchev–Trinajstić information content (AvgIpc) is 2.73. The zero-order valence-corrected chi connectivity index (χ0v) is 12.0. The van der Waals surface area contributed by atoms with Crippen LogP contribution in [0.3, 0.4) is 0 Å². The molecule has 5 heteroatoms. The van der Waals surface area contributed by atoms with Gasteiger partial charge in [-0.3, -0.25) is 0 Å². The van der Waals surface area contributed by atoms with Gasteiger partial charge in [-0.05, 0) is 45.9 Å². The van der Waals surface area contributed by atoms with Crippen molar-refractivity contribution in [3.63, 3.8) is 0 Å². The van der Waals surface area contributed by atoms with E-state index in [0.29, 0.717) is 12.4 Å². The van der Waals surface area contributed by atoms with Crippen LogP contribution in [0.25, 0.3) is 0 Å². The number of hydrogen-bond acceptors (Lipinski definition) is 3. The maximum Gasteiger partial charge on any atom is 0.339 e. The van der Waals surface area contributed by atoms with E-state index in [9.17, 15) is 4.79 Å². The zero-order valence-electron chi connectivity index (χ0n) is 9.64. The zero-order chi connectivity index (χ0) is 13.1. The van der Waals surface area contributed by atoms with Crippen LogP contribution in [0.5, 0.6) is 5.75 Å². The van der Waals surface area contributed by atoms with Crippen molar-refractivity contribution in [3.05, 3.63) is 50.1 Å². The molecule has 0 radical (unpaired) electrons. The Morgan fingerprint density at radius 3 is 2.83 bits per heavy atom. The summed E-state index contributed by atoms with van der Waals surface area (Å²) in [6.45, 7) is 2.20. The number of thiophene rings is 1. The van der Waals surface area contributed by atoms with E-state index in [1.165, 1.54) is 0 Å². The second-order valence-corrected chi connectivity index (χ2v) is 5.59. The van der Waals surface area contributed by atoms with Crippen LogP contribution in [0, 0.1) is 6.92 Å². The maximum atomic E-state index is 11.1. The SMILES string of the molecule is Cc1cccc(C(=O)O)c1OCc1sccc1Br. The quantitative estimate of drug-likeness (QED) is 0.920. The molecule has 0 aliphatic heterocycles. The van der Waals surface area contributed by atoms with Crippen molar-refractivity contribution in [2.24, 2.45) is 0 Å². The number of benzene rings is 1. The number of carboxylic acid groups (broad SMARTS) is 1. The van der Waals surface area contributed by atoms with Crippen molar-refractivity contribution in [2.75, 3.05) is 0 Å². The molecule has 0 amide bonds. The Hall–Kier alpha value is -1.33. The minimum Gasteiger partial charge on any atom is -0.487 e. The summed E-state index contributed by atoms with van der Waals surface area (Å²) in [5.41, 5.74) is 1.02. The van der Waals surface area contributed by atoms with Crippen molar-refractivity contribution < 1.29 is 14.6 Å². The highest BCUT2D eigenvalue weighted by Gasteiger charge is 2.14. The smallest absolute Gasteiger partial charge is 0.339 e. The second-order valence-electron chi connectivity index (χ2n) is 3.74. The lowest BCUT2D eigenvalue weighted by Gasteiger charge is -2.11. The molecular formula is C13H11BrO3S. The fourth-order valence-corrected chi connectivity index (χ4v) is 2.96. The molecule has 94 valence electrons. The van der Waals surface area contributed by atoms with Gasteiger partial charge in [-0.2, -0.15) is 0 Å². The number of ether oxygens (including phenoxy) is 1. The summed E-state index contributed by atoms with van der Waals surface area (Å²) in [5, 5.41) is 11.1. The minimum atomic E-state index is -0.973. The van der Waals surface area contributed by atoms with Crippen LogP contribution in [-0.4, -0.2) is 11.1 Å². The second kappa shape index (κ2) is 5.54. The van der Waals surface area contributed by atoms with Gasteiger partial charge in [0.15, 0.2) is 0 Å². The van der Waals surface area contributed by atoms with Crippen LogP contribution in [0.15, 0.2) is 34.1 Å². The van der Waals surface area contributed by atoms with Gasteiger partial charge in [0, 0.05) is 4.47 Å². The fraction of sp³-hybridized carbons (Fsp3) is 0.154. The molecule has 2 aromatic rings. The Labute approximate surface area is 117 Å². The first kappa shape index (κ1) is 13.1. The van der Waals surface area contributed by atoms with Gasteiger partial charge < -0.3 is 9.84 Å². The molecule has 1 aromatic heterocycles. The van der Waals surface area contributed by atoms with Crippen LogP contribution in [0.1, 0.15) is 20.8 Å². The van der Waals surface area contributed by atoms with E-state index >= 15 is 0 Å². The number of carboxylic acids is 1. The number of halogens is 1. The van der Waals surface area contributed by atoms with E-state index in [0.717, 1.165) is 14.9 Å². The summed E-state index contributed by atoms with van der Waals surface area (Å²) >= 11 is 4.99. The van der Waals surface area contributed by atoms with Gasteiger partial charge in [0.05, 0.1) is 4.88 Å². The van der Waals surface area contributed by atoms with E-state index in [2.05, 4.69) is 15.9 Å². The fourth-order valence-electron chi connectivity index (χ4n) is 1.58. The van der Waals surface area contributed by atoms with E-state index in [-0.39, 0.29) is 5.56 Å². The molecule has 18 heavy (non-hydrogen) atoms. The van der Waals surface area contributed by atoms with Gasteiger partial charge in [0.1, 0.15) is 17.9 Å². The number of para-hydroxylation sites is 1. The molecular weight excluding hydrogens is 316 g/mol. The summed E-state index contributed by atoms with van der Waals surface area (Å²) in [7, 11) is 0. The Morgan fingerprint density at radius 2 is 2.22 bits per heavy atom. The minimum absolute atomic E-state index is 0.197. The molecule has 0 saturated carbocycles. The van der Waals surface area contributed by atoms with Gasteiger partial charge in [-0.25, -0.2) is 4.79 Å². The molecule has 0 unspecified atom stereocenters. The molecule has 0 aliphatic carbocycles. The third-order valence-electron chi connectivity index (χ3n) is 2.48. The Balaban J connectivity index is 2.24. The molecule has 1 heterocycles. The first-order valence-electron chi connectivity index (χ1n) is 5.27. The highest BCUT2D eigenvalue weighted by Crippen LogP contribution is 2.28. The summed E-state index contributed by atoms with van der Waals surface area (Å²) < 4.78 is 6.64. The standard InChI is InChI=1S/C13H11BrO3S/c1-8-3-2-4-9(13(15)16)12(8)17-7-11-10(14)5-6-18-11/h2-6H,7H2,1H3,(H,15,16). The van der Waals surface area contributed by atoms with Crippen molar-refractivity contribution in [3.8, 4) is 5.75 Å². The molecule has 0 bridgehead atoms. The number of hydrogen-bond donors (Lipinski definition) is 1. The van der Waals surface area contributed by atoms with E-state index in [1.807, 2.05) is 24.4 Å². The molecule has 0 aliphatic rings. The number of rotatable bonds is 4. The van der Waals surface area contributed by atoms with Crippen LogP contribution in [-0.2, 0) is 6.61 Å². The Morgan fingerprint density at radius 1 is 1.44 bits per heavy atom. The normalized spacial score (nSPS) is 10.3. The monoisotopic (exact) mass is 326 g/mol. The molecule has 0 saturated heterocycles. The molecule has 1 N–H and O–H groups in total. The van der Waals surface area contributed by atoms with Crippen LogP contribution in [0.4, 0.5) is 0 Å².